The van der Waals surface area contributed by atoms with Crippen LogP contribution in [0.1, 0.15) is 10.5 Å². The number of hydrogen-bond acceptors (Lipinski definition) is 5. The van der Waals surface area contributed by atoms with Gasteiger partial charge in [0.25, 0.3) is 5.91 Å². The molecule has 0 aliphatic carbocycles. The molecule has 2 heterocycles. The number of rotatable bonds is 3. The molecular weight excluding hydrogens is 356 g/mol. The second-order valence-electron chi connectivity index (χ2n) is 5.24. The minimum Gasteiger partial charge on any atom is -0.296 e. The second kappa shape index (κ2) is 6.58. The van der Waals surface area contributed by atoms with Crippen molar-refractivity contribution >= 4 is 45.0 Å². The van der Waals surface area contributed by atoms with Crippen LogP contribution in [0.25, 0.3) is 22.3 Å². The van der Waals surface area contributed by atoms with Crippen molar-refractivity contribution in [3.8, 4) is 11.3 Å². The molecule has 4 rings (SSSR count). The fourth-order valence-corrected chi connectivity index (χ4v) is 3.15. The number of thiazole rings is 1. The Morgan fingerprint density at radius 1 is 1.00 bits per heavy atom. The molecule has 1 N–H and O–H groups in total. The van der Waals surface area contributed by atoms with Crippen LogP contribution in [0.3, 0.4) is 0 Å². The predicted molar refractivity (Wildman–Crippen MR) is 100 cm³/mol. The lowest BCUT2D eigenvalue weighted by Crippen LogP contribution is -2.14. The fourth-order valence-electron chi connectivity index (χ4n) is 2.31. The van der Waals surface area contributed by atoms with Gasteiger partial charge in [-0.05, 0) is 24.3 Å². The third-order valence-corrected chi connectivity index (χ3v) is 4.56. The van der Waals surface area contributed by atoms with E-state index in [0.717, 1.165) is 16.8 Å². The van der Waals surface area contributed by atoms with Crippen molar-refractivity contribution in [3.05, 3.63) is 70.8 Å². The third kappa shape index (κ3) is 3.35. The van der Waals surface area contributed by atoms with Gasteiger partial charge < -0.3 is 0 Å². The van der Waals surface area contributed by atoms with E-state index in [9.17, 15) is 4.79 Å². The van der Waals surface area contributed by atoms with Gasteiger partial charge in [-0.15, -0.1) is 11.3 Å². The van der Waals surface area contributed by atoms with Crippen LogP contribution in [0.4, 0.5) is 5.13 Å². The minimum absolute atomic E-state index is 0.252. The van der Waals surface area contributed by atoms with E-state index >= 15 is 0 Å². The van der Waals surface area contributed by atoms with Gasteiger partial charge in [0.05, 0.1) is 22.9 Å². The number of benzene rings is 2. The summed E-state index contributed by atoms with van der Waals surface area (Å²) in [6.07, 6.45) is 1.46. The summed E-state index contributed by atoms with van der Waals surface area (Å²) in [5, 5.41) is 5.82. The van der Waals surface area contributed by atoms with E-state index in [0.29, 0.717) is 15.7 Å². The number of fused-ring (bicyclic) bond motifs is 1. The van der Waals surface area contributed by atoms with Crippen LogP contribution >= 0.6 is 22.9 Å². The molecule has 4 aromatic rings. The highest BCUT2D eigenvalue weighted by Crippen LogP contribution is 2.26. The summed E-state index contributed by atoms with van der Waals surface area (Å²) >= 11 is 7.25. The lowest BCUT2D eigenvalue weighted by molar-refractivity contribution is 0.102. The lowest BCUT2D eigenvalue weighted by atomic mass is 10.2. The summed E-state index contributed by atoms with van der Waals surface area (Å²) in [5.41, 5.74) is 3.39. The number of aromatic nitrogens is 3. The monoisotopic (exact) mass is 366 g/mol. The average Bonchev–Trinajstić information content (AvgIpc) is 3.10. The molecular formula is C18H11ClN4OS. The molecule has 0 saturated carbocycles. The van der Waals surface area contributed by atoms with E-state index in [4.69, 9.17) is 11.6 Å². The smallest absolute Gasteiger partial charge is 0.277 e. The van der Waals surface area contributed by atoms with E-state index in [2.05, 4.69) is 20.3 Å². The van der Waals surface area contributed by atoms with E-state index in [-0.39, 0.29) is 11.6 Å². The van der Waals surface area contributed by atoms with E-state index < -0.39 is 0 Å². The lowest BCUT2D eigenvalue weighted by Gasteiger charge is -2.02. The Kier molecular flexibility index (Phi) is 4.13. The molecule has 0 radical (unpaired) electrons. The summed E-state index contributed by atoms with van der Waals surface area (Å²) in [6, 6.07) is 14.8. The number of halogens is 1. The van der Waals surface area contributed by atoms with Crippen LogP contribution in [0.5, 0.6) is 0 Å². The maximum atomic E-state index is 12.4. The molecule has 0 fully saturated rings. The van der Waals surface area contributed by atoms with Gasteiger partial charge in [0.2, 0.25) is 0 Å². The number of carbonyl (C=O) groups is 1. The van der Waals surface area contributed by atoms with Crippen molar-refractivity contribution in [3.63, 3.8) is 0 Å². The molecule has 5 nitrogen and oxygen atoms in total. The Hall–Kier alpha value is -2.83. The minimum atomic E-state index is -0.338. The fraction of sp³-hybridized carbons (Fsp3) is 0. The topological polar surface area (TPSA) is 67.8 Å². The molecule has 2 aromatic carbocycles. The first kappa shape index (κ1) is 15.7. The van der Waals surface area contributed by atoms with Crippen molar-refractivity contribution in [2.45, 2.75) is 0 Å². The van der Waals surface area contributed by atoms with Gasteiger partial charge in [0.15, 0.2) is 5.13 Å². The molecule has 0 saturated heterocycles. The highest BCUT2D eigenvalue weighted by molar-refractivity contribution is 7.14. The molecule has 122 valence electrons. The Morgan fingerprint density at radius 2 is 1.76 bits per heavy atom. The summed E-state index contributed by atoms with van der Waals surface area (Å²) in [7, 11) is 0. The average molecular weight is 367 g/mol. The summed E-state index contributed by atoms with van der Waals surface area (Å²) in [6.45, 7) is 0. The number of amides is 1. The summed E-state index contributed by atoms with van der Waals surface area (Å²) < 4.78 is 0. The molecule has 0 aliphatic rings. The number of anilines is 1. The Balaban J connectivity index is 1.55. The molecule has 25 heavy (non-hydrogen) atoms. The molecule has 0 aliphatic heterocycles. The highest BCUT2D eigenvalue weighted by atomic mass is 35.5. The Morgan fingerprint density at radius 3 is 2.56 bits per heavy atom. The van der Waals surface area contributed by atoms with E-state index in [1.54, 1.807) is 12.1 Å². The van der Waals surface area contributed by atoms with E-state index in [1.165, 1.54) is 17.5 Å². The van der Waals surface area contributed by atoms with Crippen LogP contribution < -0.4 is 5.32 Å². The quantitative estimate of drug-likeness (QED) is 0.572. The standard InChI is InChI=1S/C18H11ClN4OS/c19-12-7-5-11(6-8-12)16-10-25-18(22-16)23-17(24)15-9-20-13-3-1-2-4-14(13)21-15/h1-10H,(H,22,23,24). The largest absolute Gasteiger partial charge is 0.296 e. The van der Waals surface area contributed by atoms with Crippen molar-refractivity contribution in [1.82, 2.24) is 15.0 Å². The maximum absolute atomic E-state index is 12.4. The van der Waals surface area contributed by atoms with Gasteiger partial charge in [-0.25, -0.2) is 9.97 Å². The van der Waals surface area contributed by atoms with Gasteiger partial charge in [0.1, 0.15) is 5.69 Å². The van der Waals surface area contributed by atoms with Crippen LogP contribution in [0, 0.1) is 0 Å². The van der Waals surface area contributed by atoms with Gasteiger partial charge in [-0.3, -0.25) is 15.1 Å². The SMILES string of the molecule is O=C(Nc1nc(-c2ccc(Cl)cc2)cs1)c1cnc2ccccc2n1. The molecule has 2 aromatic heterocycles. The second-order valence-corrected chi connectivity index (χ2v) is 6.54. The normalized spacial score (nSPS) is 10.8. The molecule has 0 unspecified atom stereocenters. The number of para-hydroxylation sites is 2. The first-order valence-corrected chi connectivity index (χ1v) is 8.69. The van der Waals surface area contributed by atoms with Crippen molar-refractivity contribution < 1.29 is 4.79 Å². The summed E-state index contributed by atoms with van der Waals surface area (Å²) in [5.74, 6) is -0.338. The summed E-state index contributed by atoms with van der Waals surface area (Å²) in [4.78, 5) is 25.4. The van der Waals surface area contributed by atoms with Crippen LogP contribution in [0.15, 0.2) is 60.1 Å². The third-order valence-electron chi connectivity index (χ3n) is 3.55. The number of nitrogens with one attached hydrogen (secondary N) is 1. The zero-order chi connectivity index (χ0) is 17.2. The highest BCUT2D eigenvalue weighted by Gasteiger charge is 2.12. The van der Waals surface area contributed by atoms with Crippen molar-refractivity contribution in [2.75, 3.05) is 5.32 Å². The molecule has 0 spiro atoms. The molecule has 0 atom stereocenters. The van der Waals surface area contributed by atoms with Crippen LogP contribution in [0.2, 0.25) is 5.02 Å². The van der Waals surface area contributed by atoms with Gasteiger partial charge in [0, 0.05) is 16.0 Å². The van der Waals surface area contributed by atoms with Gasteiger partial charge >= 0.3 is 0 Å². The first-order chi connectivity index (χ1) is 12.2. The maximum Gasteiger partial charge on any atom is 0.277 e. The molecule has 7 heteroatoms. The Labute approximate surface area is 152 Å². The first-order valence-electron chi connectivity index (χ1n) is 7.44. The van der Waals surface area contributed by atoms with Crippen LogP contribution in [-0.2, 0) is 0 Å². The van der Waals surface area contributed by atoms with Gasteiger partial charge in [-0.1, -0.05) is 35.9 Å². The molecule has 1 amide bonds. The van der Waals surface area contributed by atoms with Crippen LogP contribution in [-0.4, -0.2) is 20.9 Å². The number of hydrogen-bond donors (Lipinski definition) is 1. The number of nitrogens with zero attached hydrogens (tertiary/aromatic N) is 3. The van der Waals surface area contributed by atoms with E-state index in [1.807, 2.05) is 41.8 Å². The van der Waals surface area contributed by atoms with Crippen molar-refractivity contribution in [1.29, 1.82) is 0 Å². The zero-order valence-corrected chi connectivity index (χ0v) is 14.4. The molecule has 0 bridgehead atoms. The number of carbonyl (C=O) groups excluding carboxylic acids is 1. The van der Waals surface area contributed by atoms with Gasteiger partial charge in [-0.2, -0.15) is 0 Å². The van der Waals surface area contributed by atoms with Crippen molar-refractivity contribution in [2.24, 2.45) is 0 Å². The zero-order valence-electron chi connectivity index (χ0n) is 12.8. The Bertz CT molecular complexity index is 1060. The predicted octanol–water partition coefficient (Wildman–Crippen LogP) is 4.66.